The molecule has 0 spiro atoms. The molecule has 6 heteroatoms. The Balaban J connectivity index is 0.00000400. The van der Waals surface area contributed by atoms with Gasteiger partial charge in [0.15, 0.2) is 0 Å². The van der Waals surface area contributed by atoms with Crippen molar-refractivity contribution in [2.75, 3.05) is 7.11 Å². The minimum atomic E-state index is -0.582. The summed E-state index contributed by atoms with van der Waals surface area (Å²) in [6.07, 6.45) is 0. The van der Waals surface area contributed by atoms with Crippen LogP contribution in [-0.4, -0.2) is 19.1 Å². The van der Waals surface area contributed by atoms with Crippen LogP contribution in [0.2, 0.25) is 0 Å². The second-order valence-corrected chi connectivity index (χ2v) is 5.92. The normalized spacial score (nSPS) is 12.5. The Morgan fingerprint density at radius 2 is 2.05 bits per heavy atom. The Morgan fingerprint density at radius 3 is 2.57 bits per heavy atom. The highest BCUT2D eigenvalue weighted by molar-refractivity contribution is 5.85. The number of ether oxygens (including phenoxy) is 1. The number of hydrogen-bond donors (Lipinski definition) is 2. The van der Waals surface area contributed by atoms with Crippen LogP contribution in [0, 0.1) is 11.2 Å². The van der Waals surface area contributed by atoms with E-state index in [9.17, 15) is 9.18 Å². The molecule has 4 nitrogen and oxygen atoms in total. The van der Waals surface area contributed by atoms with E-state index < -0.39 is 6.04 Å². The standard InChI is InChI=1S/C15H23FN2O2.ClH/c1-15(2,3)13(17)14(19)18-8-10-5-6-12(16)11(7-10)9-20-4;/h5-7,13H,8-9,17H2,1-4H3,(H,18,19);1H/t13-;/m1./s1. The molecule has 0 saturated heterocycles. The summed E-state index contributed by atoms with van der Waals surface area (Å²) in [5.74, 6) is -0.525. The summed E-state index contributed by atoms with van der Waals surface area (Å²) >= 11 is 0. The van der Waals surface area contributed by atoms with Gasteiger partial charge in [0, 0.05) is 19.2 Å². The highest BCUT2D eigenvalue weighted by atomic mass is 35.5. The van der Waals surface area contributed by atoms with E-state index in [1.54, 1.807) is 12.1 Å². The van der Waals surface area contributed by atoms with E-state index in [-0.39, 0.29) is 36.2 Å². The van der Waals surface area contributed by atoms with Crippen LogP contribution in [0.15, 0.2) is 18.2 Å². The number of halogens is 2. The van der Waals surface area contributed by atoms with E-state index in [0.29, 0.717) is 12.1 Å². The average Bonchev–Trinajstić information content (AvgIpc) is 2.37. The molecular weight excluding hydrogens is 295 g/mol. The Kier molecular flexibility index (Phi) is 7.85. The molecule has 1 aromatic carbocycles. The van der Waals surface area contributed by atoms with Crippen LogP contribution in [0.3, 0.4) is 0 Å². The van der Waals surface area contributed by atoms with Crippen molar-refractivity contribution in [3.8, 4) is 0 Å². The van der Waals surface area contributed by atoms with Gasteiger partial charge in [-0.1, -0.05) is 26.8 Å². The number of carbonyl (C=O) groups excluding carboxylic acids is 1. The van der Waals surface area contributed by atoms with E-state index in [4.69, 9.17) is 10.5 Å². The molecule has 1 amide bonds. The molecule has 0 aromatic heterocycles. The summed E-state index contributed by atoms with van der Waals surface area (Å²) < 4.78 is 18.4. The van der Waals surface area contributed by atoms with Gasteiger partial charge >= 0.3 is 0 Å². The second kappa shape index (κ2) is 8.32. The fourth-order valence-corrected chi connectivity index (χ4v) is 1.70. The number of benzene rings is 1. The summed E-state index contributed by atoms with van der Waals surface area (Å²) in [6.45, 7) is 6.25. The Morgan fingerprint density at radius 1 is 1.43 bits per heavy atom. The van der Waals surface area contributed by atoms with Crippen LogP contribution in [-0.2, 0) is 22.7 Å². The monoisotopic (exact) mass is 318 g/mol. The molecule has 0 saturated carbocycles. The van der Waals surface area contributed by atoms with Crippen molar-refractivity contribution in [3.05, 3.63) is 35.1 Å². The lowest BCUT2D eigenvalue weighted by Gasteiger charge is -2.25. The van der Waals surface area contributed by atoms with Gasteiger partial charge in [-0.2, -0.15) is 0 Å². The second-order valence-electron chi connectivity index (χ2n) is 5.92. The number of methoxy groups -OCH3 is 1. The lowest BCUT2D eigenvalue weighted by atomic mass is 9.87. The zero-order valence-electron chi connectivity index (χ0n) is 12.9. The van der Waals surface area contributed by atoms with Crippen molar-refractivity contribution in [1.82, 2.24) is 5.32 Å². The van der Waals surface area contributed by atoms with Gasteiger partial charge in [0.2, 0.25) is 5.91 Å². The first-order valence-electron chi connectivity index (χ1n) is 6.55. The van der Waals surface area contributed by atoms with Crippen LogP contribution in [0.4, 0.5) is 4.39 Å². The molecule has 0 aliphatic heterocycles. The van der Waals surface area contributed by atoms with Gasteiger partial charge in [-0.3, -0.25) is 4.79 Å². The third kappa shape index (κ3) is 5.99. The third-order valence-corrected chi connectivity index (χ3v) is 3.09. The molecule has 1 aromatic rings. The molecule has 21 heavy (non-hydrogen) atoms. The molecule has 0 heterocycles. The molecule has 0 aliphatic rings. The lowest BCUT2D eigenvalue weighted by Crippen LogP contribution is -2.48. The number of amides is 1. The molecule has 3 N–H and O–H groups in total. The zero-order valence-corrected chi connectivity index (χ0v) is 13.7. The number of nitrogens with two attached hydrogens (primary N) is 1. The highest BCUT2D eigenvalue weighted by Gasteiger charge is 2.27. The Labute approximate surface area is 131 Å². The van der Waals surface area contributed by atoms with Crippen LogP contribution in [0.1, 0.15) is 31.9 Å². The molecule has 0 bridgehead atoms. The first-order valence-corrected chi connectivity index (χ1v) is 6.55. The van der Waals surface area contributed by atoms with Crippen LogP contribution < -0.4 is 11.1 Å². The fraction of sp³-hybridized carbons (Fsp3) is 0.533. The van der Waals surface area contributed by atoms with Gasteiger partial charge in [-0.05, 0) is 23.1 Å². The Hall–Kier alpha value is -1.17. The highest BCUT2D eigenvalue weighted by Crippen LogP contribution is 2.17. The molecule has 1 rings (SSSR count). The van der Waals surface area contributed by atoms with Gasteiger partial charge in [0.1, 0.15) is 5.82 Å². The maximum Gasteiger partial charge on any atom is 0.237 e. The van der Waals surface area contributed by atoms with E-state index in [0.717, 1.165) is 5.56 Å². The van der Waals surface area contributed by atoms with Crippen LogP contribution >= 0.6 is 12.4 Å². The third-order valence-electron chi connectivity index (χ3n) is 3.09. The summed E-state index contributed by atoms with van der Waals surface area (Å²) in [4.78, 5) is 11.9. The topological polar surface area (TPSA) is 64.3 Å². The Bertz CT molecular complexity index is 475. The van der Waals surface area contributed by atoms with Gasteiger partial charge in [0.25, 0.3) is 0 Å². The van der Waals surface area contributed by atoms with Crippen molar-refractivity contribution < 1.29 is 13.9 Å². The largest absolute Gasteiger partial charge is 0.380 e. The molecule has 0 aliphatic carbocycles. The smallest absolute Gasteiger partial charge is 0.237 e. The number of carbonyl (C=O) groups is 1. The van der Waals surface area contributed by atoms with Crippen LogP contribution in [0.5, 0.6) is 0 Å². The average molecular weight is 319 g/mol. The minimum absolute atomic E-state index is 0. The van der Waals surface area contributed by atoms with Crippen molar-refractivity contribution >= 4 is 18.3 Å². The van der Waals surface area contributed by atoms with Gasteiger partial charge in [-0.15, -0.1) is 12.4 Å². The predicted octanol–water partition coefficient (Wildman–Crippen LogP) is 2.38. The first kappa shape index (κ1) is 19.8. The van der Waals surface area contributed by atoms with Crippen molar-refractivity contribution in [3.63, 3.8) is 0 Å². The molecule has 0 radical (unpaired) electrons. The maximum absolute atomic E-state index is 13.5. The minimum Gasteiger partial charge on any atom is -0.380 e. The fourth-order valence-electron chi connectivity index (χ4n) is 1.70. The SMILES string of the molecule is COCc1cc(CNC(=O)[C@@H](N)C(C)(C)C)ccc1F.Cl. The molecule has 120 valence electrons. The lowest BCUT2D eigenvalue weighted by molar-refractivity contribution is -0.124. The molecule has 1 atom stereocenters. The van der Waals surface area contributed by atoms with Crippen molar-refractivity contribution in [2.24, 2.45) is 11.1 Å². The summed E-state index contributed by atoms with van der Waals surface area (Å²) in [5, 5.41) is 2.77. The van der Waals surface area contributed by atoms with E-state index >= 15 is 0 Å². The quantitative estimate of drug-likeness (QED) is 0.876. The number of rotatable bonds is 5. The first-order chi connectivity index (χ1) is 9.25. The molecule has 0 fully saturated rings. The van der Waals surface area contributed by atoms with E-state index in [1.807, 2.05) is 20.8 Å². The van der Waals surface area contributed by atoms with Gasteiger partial charge < -0.3 is 15.8 Å². The number of hydrogen-bond acceptors (Lipinski definition) is 3. The zero-order chi connectivity index (χ0) is 15.3. The van der Waals surface area contributed by atoms with Crippen LogP contribution in [0.25, 0.3) is 0 Å². The van der Waals surface area contributed by atoms with Gasteiger partial charge in [-0.25, -0.2) is 4.39 Å². The van der Waals surface area contributed by atoms with Crippen molar-refractivity contribution in [2.45, 2.75) is 40.0 Å². The summed E-state index contributed by atoms with van der Waals surface area (Å²) in [5.41, 5.74) is 6.86. The predicted molar refractivity (Wildman–Crippen MR) is 83.6 cm³/mol. The molecular formula is C15H24ClFN2O2. The van der Waals surface area contributed by atoms with E-state index in [1.165, 1.54) is 13.2 Å². The summed E-state index contributed by atoms with van der Waals surface area (Å²) in [6, 6.07) is 4.11. The summed E-state index contributed by atoms with van der Waals surface area (Å²) in [7, 11) is 1.51. The maximum atomic E-state index is 13.5. The number of nitrogens with one attached hydrogen (secondary N) is 1. The van der Waals surface area contributed by atoms with E-state index in [2.05, 4.69) is 5.32 Å². The molecule has 0 unspecified atom stereocenters. The van der Waals surface area contributed by atoms with Gasteiger partial charge in [0.05, 0.1) is 12.6 Å². The van der Waals surface area contributed by atoms with Crippen molar-refractivity contribution in [1.29, 1.82) is 0 Å².